The third-order valence-corrected chi connectivity index (χ3v) is 2.57. The first-order chi connectivity index (χ1) is 6.56. The largest absolute Gasteiger partial charge is 0.396 e. The lowest BCUT2D eigenvalue weighted by Crippen LogP contribution is -2.43. The Morgan fingerprint density at radius 1 is 1.64 bits per heavy atom. The molecule has 4 nitrogen and oxygen atoms in total. The van der Waals surface area contributed by atoms with Crippen LogP contribution < -0.4 is 5.73 Å². The van der Waals surface area contributed by atoms with Crippen molar-refractivity contribution in [3.8, 4) is 0 Å². The summed E-state index contributed by atoms with van der Waals surface area (Å²) in [5.41, 5.74) is 6.00. The maximum Gasteiger partial charge on any atom is 0.152 e. The topological polar surface area (TPSA) is 58.7 Å². The van der Waals surface area contributed by atoms with Crippen LogP contribution in [0.15, 0.2) is 29.0 Å². The van der Waals surface area contributed by atoms with Gasteiger partial charge in [0.2, 0.25) is 0 Å². The summed E-state index contributed by atoms with van der Waals surface area (Å²) in [6.07, 6.45) is 6.37. The summed E-state index contributed by atoms with van der Waals surface area (Å²) in [6.45, 7) is 3.86. The SMILES string of the molecule is CC1(C)N=C2C(N)=CC=CN2C1C=O. The van der Waals surface area contributed by atoms with Crippen LogP contribution in [0.4, 0.5) is 0 Å². The van der Waals surface area contributed by atoms with Gasteiger partial charge in [0, 0.05) is 6.20 Å². The van der Waals surface area contributed by atoms with Crippen LogP contribution in [0.1, 0.15) is 13.8 Å². The molecule has 0 fully saturated rings. The van der Waals surface area contributed by atoms with E-state index in [0.717, 1.165) is 6.29 Å². The van der Waals surface area contributed by atoms with E-state index in [0.29, 0.717) is 11.5 Å². The van der Waals surface area contributed by atoms with Gasteiger partial charge in [-0.25, -0.2) is 0 Å². The van der Waals surface area contributed by atoms with E-state index in [-0.39, 0.29) is 6.04 Å². The molecule has 0 aromatic rings. The van der Waals surface area contributed by atoms with Crippen molar-refractivity contribution in [1.29, 1.82) is 0 Å². The molecule has 4 heteroatoms. The second kappa shape index (κ2) is 2.70. The van der Waals surface area contributed by atoms with E-state index in [9.17, 15) is 4.79 Å². The van der Waals surface area contributed by atoms with E-state index in [1.165, 1.54) is 0 Å². The normalized spacial score (nSPS) is 28.1. The molecule has 0 spiro atoms. The monoisotopic (exact) mass is 191 g/mol. The standard InChI is InChI=1S/C10H13N3O/c1-10(2)8(6-14)13-5-3-4-7(11)9(13)12-10/h3-6,8H,11H2,1-2H3. The molecule has 0 bridgehead atoms. The maximum absolute atomic E-state index is 11.0. The van der Waals surface area contributed by atoms with Gasteiger partial charge in [0.05, 0.1) is 11.2 Å². The van der Waals surface area contributed by atoms with E-state index in [1.807, 2.05) is 31.0 Å². The molecule has 0 aromatic carbocycles. The molecule has 0 saturated heterocycles. The first-order valence-electron chi connectivity index (χ1n) is 4.54. The minimum atomic E-state index is -0.399. The fourth-order valence-corrected chi connectivity index (χ4v) is 1.79. The number of aliphatic imine (C=N–C) groups is 1. The second-order valence-electron chi connectivity index (χ2n) is 4.04. The minimum absolute atomic E-state index is 0.249. The average molecular weight is 191 g/mol. The number of aldehydes is 1. The molecular weight excluding hydrogens is 178 g/mol. The van der Waals surface area contributed by atoms with Crippen molar-refractivity contribution < 1.29 is 4.79 Å². The Bertz CT molecular complexity index is 366. The molecule has 2 N–H and O–H groups in total. The number of fused-ring (bicyclic) bond motifs is 1. The van der Waals surface area contributed by atoms with E-state index >= 15 is 0 Å². The van der Waals surface area contributed by atoms with E-state index in [4.69, 9.17) is 5.73 Å². The predicted molar refractivity (Wildman–Crippen MR) is 54.6 cm³/mol. The molecule has 0 aromatic heterocycles. The Morgan fingerprint density at radius 2 is 2.36 bits per heavy atom. The van der Waals surface area contributed by atoms with Gasteiger partial charge in [-0.15, -0.1) is 0 Å². The maximum atomic E-state index is 11.0. The lowest BCUT2D eigenvalue weighted by molar-refractivity contribution is -0.111. The van der Waals surface area contributed by atoms with Crippen LogP contribution in [0, 0.1) is 0 Å². The molecule has 0 saturated carbocycles. The molecular formula is C10H13N3O. The lowest BCUT2D eigenvalue weighted by atomic mass is 9.97. The molecule has 2 aliphatic rings. The summed E-state index contributed by atoms with van der Waals surface area (Å²) in [7, 11) is 0. The Hall–Kier alpha value is -1.58. The molecule has 2 heterocycles. The summed E-state index contributed by atoms with van der Waals surface area (Å²) in [5, 5.41) is 0. The van der Waals surface area contributed by atoms with Crippen molar-refractivity contribution in [2.75, 3.05) is 0 Å². The zero-order valence-electron chi connectivity index (χ0n) is 8.27. The number of carbonyl (C=O) groups excluding carboxylic acids is 1. The number of nitrogens with zero attached hydrogens (tertiary/aromatic N) is 2. The van der Waals surface area contributed by atoms with Gasteiger partial charge >= 0.3 is 0 Å². The highest BCUT2D eigenvalue weighted by Crippen LogP contribution is 2.29. The zero-order valence-corrected chi connectivity index (χ0v) is 8.27. The Kier molecular flexibility index (Phi) is 1.74. The summed E-state index contributed by atoms with van der Waals surface area (Å²) in [6, 6.07) is -0.249. The van der Waals surface area contributed by atoms with E-state index < -0.39 is 5.54 Å². The van der Waals surface area contributed by atoms with Crippen molar-refractivity contribution >= 4 is 12.1 Å². The summed E-state index contributed by atoms with van der Waals surface area (Å²) < 4.78 is 0. The van der Waals surface area contributed by atoms with Crippen LogP contribution in [0.25, 0.3) is 0 Å². The average Bonchev–Trinajstić information content (AvgIpc) is 2.37. The van der Waals surface area contributed by atoms with Crippen molar-refractivity contribution in [2.45, 2.75) is 25.4 Å². The lowest BCUT2D eigenvalue weighted by Gasteiger charge is -2.27. The van der Waals surface area contributed by atoms with Gasteiger partial charge in [0.15, 0.2) is 5.84 Å². The van der Waals surface area contributed by atoms with Gasteiger partial charge in [0.25, 0.3) is 0 Å². The molecule has 1 atom stereocenters. The fraction of sp³-hybridized carbons (Fsp3) is 0.400. The first-order valence-corrected chi connectivity index (χ1v) is 4.54. The van der Waals surface area contributed by atoms with Crippen LogP contribution in [0.3, 0.4) is 0 Å². The number of hydrogen-bond donors (Lipinski definition) is 1. The molecule has 0 aliphatic carbocycles. The summed E-state index contributed by atoms with van der Waals surface area (Å²) in [5.74, 6) is 0.703. The Morgan fingerprint density at radius 3 is 3.00 bits per heavy atom. The zero-order chi connectivity index (χ0) is 10.3. The molecule has 14 heavy (non-hydrogen) atoms. The van der Waals surface area contributed by atoms with Crippen LogP contribution in [0.2, 0.25) is 0 Å². The van der Waals surface area contributed by atoms with Gasteiger partial charge in [-0.05, 0) is 26.0 Å². The van der Waals surface area contributed by atoms with Gasteiger partial charge < -0.3 is 15.4 Å². The Labute approximate surface area is 82.8 Å². The fourth-order valence-electron chi connectivity index (χ4n) is 1.79. The summed E-state index contributed by atoms with van der Waals surface area (Å²) >= 11 is 0. The number of hydrogen-bond acceptors (Lipinski definition) is 4. The Balaban J connectivity index is 2.46. The van der Waals surface area contributed by atoms with Crippen molar-refractivity contribution in [1.82, 2.24) is 4.90 Å². The number of carbonyl (C=O) groups is 1. The van der Waals surface area contributed by atoms with Crippen molar-refractivity contribution in [3.63, 3.8) is 0 Å². The van der Waals surface area contributed by atoms with Crippen molar-refractivity contribution in [3.05, 3.63) is 24.0 Å². The summed E-state index contributed by atoms with van der Waals surface area (Å²) in [4.78, 5) is 17.2. The highest BCUT2D eigenvalue weighted by atomic mass is 16.1. The van der Waals surface area contributed by atoms with Gasteiger partial charge in [-0.3, -0.25) is 4.99 Å². The van der Waals surface area contributed by atoms with Crippen LogP contribution in [0.5, 0.6) is 0 Å². The molecule has 0 amide bonds. The van der Waals surface area contributed by atoms with Crippen LogP contribution >= 0.6 is 0 Å². The third kappa shape index (κ3) is 1.07. The highest BCUT2D eigenvalue weighted by Gasteiger charge is 2.42. The number of rotatable bonds is 1. The van der Waals surface area contributed by atoms with Crippen LogP contribution in [-0.4, -0.2) is 28.6 Å². The van der Waals surface area contributed by atoms with Gasteiger partial charge in [0.1, 0.15) is 12.3 Å². The highest BCUT2D eigenvalue weighted by molar-refractivity contribution is 6.03. The molecule has 1 unspecified atom stereocenters. The van der Waals surface area contributed by atoms with Crippen LogP contribution in [-0.2, 0) is 4.79 Å². The number of nitrogens with two attached hydrogens (primary N) is 1. The molecule has 74 valence electrons. The predicted octanol–water partition coefficient (Wildman–Crippen LogP) is 0.417. The quantitative estimate of drug-likeness (QED) is 0.611. The number of allylic oxidation sites excluding steroid dienone is 2. The van der Waals surface area contributed by atoms with E-state index in [2.05, 4.69) is 4.99 Å². The second-order valence-corrected chi connectivity index (χ2v) is 4.04. The molecule has 0 radical (unpaired) electrons. The third-order valence-electron chi connectivity index (χ3n) is 2.57. The number of amidine groups is 1. The van der Waals surface area contributed by atoms with Gasteiger partial charge in [-0.2, -0.15) is 0 Å². The van der Waals surface area contributed by atoms with E-state index in [1.54, 1.807) is 6.08 Å². The van der Waals surface area contributed by atoms with Gasteiger partial charge in [-0.1, -0.05) is 0 Å². The van der Waals surface area contributed by atoms with Crippen molar-refractivity contribution in [2.24, 2.45) is 10.7 Å². The molecule has 2 aliphatic heterocycles. The first kappa shape index (κ1) is 8.99. The minimum Gasteiger partial charge on any atom is -0.396 e. The smallest absolute Gasteiger partial charge is 0.152 e. The molecule has 2 rings (SSSR count).